The average Bonchev–Trinajstić information content (AvgIpc) is 3.08. The Bertz CT molecular complexity index is 634. The van der Waals surface area contributed by atoms with Gasteiger partial charge in [-0.1, -0.05) is 30.3 Å². The van der Waals surface area contributed by atoms with E-state index in [2.05, 4.69) is 5.10 Å². The van der Waals surface area contributed by atoms with Crippen LogP contribution in [-0.4, -0.2) is 47.6 Å². The Balaban J connectivity index is 1.84. The van der Waals surface area contributed by atoms with E-state index in [4.69, 9.17) is 5.26 Å². The second-order valence-electron chi connectivity index (χ2n) is 5.40. The van der Waals surface area contributed by atoms with E-state index in [1.807, 2.05) is 36.4 Å². The van der Waals surface area contributed by atoms with Gasteiger partial charge in [-0.3, -0.25) is 9.59 Å². The van der Waals surface area contributed by atoms with E-state index in [0.717, 1.165) is 17.7 Å². The molecular formula is C17H20N4O2. The van der Waals surface area contributed by atoms with Gasteiger partial charge in [0.05, 0.1) is 24.7 Å². The van der Waals surface area contributed by atoms with Crippen LogP contribution in [-0.2, 0) is 9.59 Å². The average molecular weight is 312 g/mol. The molecule has 1 heterocycles. The highest BCUT2D eigenvalue weighted by molar-refractivity contribution is 6.02. The molecule has 2 rings (SSSR count). The summed E-state index contributed by atoms with van der Waals surface area (Å²) in [5.74, 6) is -0.266. The number of nitriles is 1. The van der Waals surface area contributed by atoms with Crippen LogP contribution in [0.1, 0.15) is 31.2 Å². The first kappa shape index (κ1) is 16.7. The maximum absolute atomic E-state index is 12.2. The van der Waals surface area contributed by atoms with Crippen molar-refractivity contribution in [1.82, 2.24) is 9.91 Å². The smallest absolute Gasteiger partial charge is 0.243 e. The summed E-state index contributed by atoms with van der Waals surface area (Å²) in [6.45, 7) is 0.949. The molecule has 1 aliphatic rings. The predicted molar refractivity (Wildman–Crippen MR) is 86.4 cm³/mol. The van der Waals surface area contributed by atoms with Crippen molar-refractivity contribution in [2.75, 3.05) is 20.1 Å². The van der Waals surface area contributed by atoms with Crippen LogP contribution >= 0.6 is 0 Å². The molecule has 0 radical (unpaired) electrons. The van der Waals surface area contributed by atoms with Gasteiger partial charge < -0.3 is 4.90 Å². The molecule has 0 bridgehead atoms. The fourth-order valence-electron chi connectivity index (χ4n) is 2.35. The van der Waals surface area contributed by atoms with Gasteiger partial charge >= 0.3 is 0 Å². The second kappa shape index (κ2) is 8.08. The molecule has 1 aliphatic heterocycles. The third kappa shape index (κ3) is 4.65. The summed E-state index contributed by atoms with van der Waals surface area (Å²) in [4.78, 5) is 25.5. The predicted octanol–water partition coefficient (Wildman–Crippen LogP) is 1.78. The number of rotatable bonds is 6. The molecule has 2 amide bonds. The molecule has 0 fully saturated rings. The van der Waals surface area contributed by atoms with Crippen molar-refractivity contribution < 1.29 is 9.59 Å². The summed E-state index contributed by atoms with van der Waals surface area (Å²) >= 11 is 0. The van der Waals surface area contributed by atoms with Crippen LogP contribution in [0.3, 0.4) is 0 Å². The van der Waals surface area contributed by atoms with Gasteiger partial charge in [0, 0.05) is 32.9 Å². The first-order chi connectivity index (χ1) is 11.1. The zero-order chi connectivity index (χ0) is 16.7. The molecule has 1 aromatic rings. The number of hydrazone groups is 1. The molecule has 0 aromatic heterocycles. The highest BCUT2D eigenvalue weighted by Crippen LogP contribution is 2.15. The summed E-state index contributed by atoms with van der Waals surface area (Å²) in [5.41, 5.74) is 1.92. The number of benzene rings is 1. The quantitative estimate of drug-likeness (QED) is 0.803. The molecule has 120 valence electrons. The molecule has 0 saturated heterocycles. The number of carbonyl (C=O) groups excluding carboxylic acids is 2. The van der Waals surface area contributed by atoms with Crippen molar-refractivity contribution in [2.45, 2.75) is 25.7 Å². The molecule has 0 spiro atoms. The summed E-state index contributed by atoms with van der Waals surface area (Å²) in [6.07, 6.45) is 1.31. The molecule has 23 heavy (non-hydrogen) atoms. The lowest BCUT2D eigenvalue weighted by atomic mass is 10.1. The third-order valence-corrected chi connectivity index (χ3v) is 3.73. The standard InChI is InChI=1S/C17H20N4O2/c1-20(12-5-11-18)16(22)8-9-17(23)21-13-10-15(19-21)14-6-3-2-4-7-14/h2-4,6-7H,5,8-10,12-13H2,1H3. The van der Waals surface area contributed by atoms with Crippen LogP contribution in [0.15, 0.2) is 35.4 Å². The van der Waals surface area contributed by atoms with E-state index in [1.54, 1.807) is 7.05 Å². The molecule has 1 aromatic carbocycles. The Morgan fingerprint density at radius 1 is 1.30 bits per heavy atom. The fraction of sp³-hybridized carbons (Fsp3) is 0.412. The van der Waals surface area contributed by atoms with Crippen molar-refractivity contribution in [1.29, 1.82) is 5.26 Å². The summed E-state index contributed by atoms with van der Waals surface area (Å²) in [7, 11) is 1.64. The summed E-state index contributed by atoms with van der Waals surface area (Å²) in [6, 6.07) is 11.8. The lowest BCUT2D eigenvalue weighted by molar-refractivity contribution is -0.136. The van der Waals surface area contributed by atoms with Crippen LogP contribution in [0.25, 0.3) is 0 Å². The van der Waals surface area contributed by atoms with Gasteiger partial charge in [-0.2, -0.15) is 10.4 Å². The third-order valence-electron chi connectivity index (χ3n) is 3.73. The van der Waals surface area contributed by atoms with Gasteiger partial charge in [0.15, 0.2) is 0 Å². The molecule has 0 unspecified atom stereocenters. The molecule has 0 atom stereocenters. The normalized spacial score (nSPS) is 13.4. The van der Waals surface area contributed by atoms with E-state index in [1.165, 1.54) is 9.91 Å². The highest BCUT2D eigenvalue weighted by Gasteiger charge is 2.22. The van der Waals surface area contributed by atoms with Crippen molar-refractivity contribution in [3.63, 3.8) is 0 Å². The van der Waals surface area contributed by atoms with Gasteiger partial charge in [0.25, 0.3) is 0 Å². The minimum atomic E-state index is -0.141. The first-order valence-electron chi connectivity index (χ1n) is 7.66. The molecule has 6 heteroatoms. The van der Waals surface area contributed by atoms with E-state index in [-0.39, 0.29) is 24.7 Å². The van der Waals surface area contributed by atoms with Crippen molar-refractivity contribution >= 4 is 17.5 Å². The molecule has 6 nitrogen and oxygen atoms in total. The van der Waals surface area contributed by atoms with E-state index in [0.29, 0.717) is 19.5 Å². The number of hydrogen-bond donors (Lipinski definition) is 0. The first-order valence-corrected chi connectivity index (χ1v) is 7.66. The van der Waals surface area contributed by atoms with E-state index < -0.39 is 0 Å². The van der Waals surface area contributed by atoms with Crippen LogP contribution < -0.4 is 0 Å². The maximum Gasteiger partial charge on any atom is 0.243 e. The molecule has 0 saturated carbocycles. The van der Waals surface area contributed by atoms with Gasteiger partial charge in [-0.15, -0.1) is 0 Å². The maximum atomic E-state index is 12.2. The van der Waals surface area contributed by atoms with Gasteiger partial charge in [0.1, 0.15) is 0 Å². The minimum absolute atomic E-state index is 0.125. The topological polar surface area (TPSA) is 76.8 Å². The SMILES string of the molecule is CN(CCC#N)C(=O)CCC(=O)N1CCC(c2ccccc2)=N1. The Hall–Kier alpha value is -2.68. The number of carbonyl (C=O) groups is 2. The van der Waals surface area contributed by atoms with Crippen LogP contribution in [0.2, 0.25) is 0 Å². The molecule has 0 aliphatic carbocycles. The molecule has 0 N–H and O–H groups in total. The van der Waals surface area contributed by atoms with Crippen molar-refractivity contribution in [3.8, 4) is 6.07 Å². The summed E-state index contributed by atoms with van der Waals surface area (Å²) in [5, 5.41) is 14.3. The van der Waals surface area contributed by atoms with Crippen LogP contribution in [0.5, 0.6) is 0 Å². The van der Waals surface area contributed by atoms with Crippen molar-refractivity contribution in [3.05, 3.63) is 35.9 Å². The van der Waals surface area contributed by atoms with E-state index >= 15 is 0 Å². The van der Waals surface area contributed by atoms with Gasteiger partial charge in [-0.05, 0) is 5.56 Å². The summed E-state index contributed by atoms with van der Waals surface area (Å²) < 4.78 is 0. The molecular weight excluding hydrogens is 292 g/mol. The fourth-order valence-corrected chi connectivity index (χ4v) is 2.35. The lowest BCUT2D eigenvalue weighted by Gasteiger charge is -2.16. The monoisotopic (exact) mass is 312 g/mol. The number of amides is 2. The number of hydrogen-bond acceptors (Lipinski definition) is 4. The Labute approximate surface area is 136 Å². The van der Waals surface area contributed by atoms with Gasteiger partial charge in [-0.25, -0.2) is 5.01 Å². The lowest BCUT2D eigenvalue weighted by Crippen LogP contribution is -2.30. The Morgan fingerprint density at radius 3 is 2.74 bits per heavy atom. The Kier molecular flexibility index (Phi) is 5.87. The number of nitrogens with zero attached hydrogens (tertiary/aromatic N) is 4. The van der Waals surface area contributed by atoms with Crippen LogP contribution in [0, 0.1) is 11.3 Å². The second-order valence-corrected chi connectivity index (χ2v) is 5.40. The van der Waals surface area contributed by atoms with E-state index in [9.17, 15) is 9.59 Å². The van der Waals surface area contributed by atoms with Crippen LogP contribution in [0.4, 0.5) is 0 Å². The largest absolute Gasteiger partial charge is 0.345 e. The highest BCUT2D eigenvalue weighted by atomic mass is 16.2. The van der Waals surface area contributed by atoms with Gasteiger partial charge in [0.2, 0.25) is 11.8 Å². The Morgan fingerprint density at radius 2 is 2.04 bits per heavy atom. The zero-order valence-electron chi connectivity index (χ0n) is 13.2. The van der Waals surface area contributed by atoms with Crippen molar-refractivity contribution in [2.24, 2.45) is 5.10 Å². The zero-order valence-corrected chi connectivity index (χ0v) is 13.2. The minimum Gasteiger partial charge on any atom is -0.345 e.